The maximum atomic E-state index is 12.5. The number of para-hydroxylation sites is 1. The molecular weight excluding hydrogens is 378 g/mol. The summed E-state index contributed by atoms with van der Waals surface area (Å²) in [5, 5.41) is 12.3. The number of fused-ring (bicyclic) bond motifs is 2. The number of benzene rings is 3. The molecule has 0 saturated carbocycles. The van der Waals surface area contributed by atoms with Gasteiger partial charge in [0, 0.05) is 22.5 Å². The van der Waals surface area contributed by atoms with E-state index in [0.717, 1.165) is 21.7 Å². The van der Waals surface area contributed by atoms with Crippen LogP contribution in [0.25, 0.3) is 6.08 Å². The van der Waals surface area contributed by atoms with Gasteiger partial charge in [-0.2, -0.15) is 5.26 Å². The maximum Gasteiger partial charge on any atom is 0.266 e. The minimum atomic E-state index is -0.413. The largest absolute Gasteiger partial charge is 0.343 e. The second-order valence-electron chi connectivity index (χ2n) is 6.85. The number of rotatable bonds is 3. The van der Waals surface area contributed by atoms with E-state index in [1.54, 1.807) is 17.8 Å². The van der Waals surface area contributed by atoms with Gasteiger partial charge in [-0.05, 0) is 55.0 Å². The molecule has 0 atom stereocenters. The minimum Gasteiger partial charge on any atom is -0.343 e. The van der Waals surface area contributed by atoms with Crippen LogP contribution in [-0.4, -0.2) is 13.0 Å². The zero-order valence-electron chi connectivity index (χ0n) is 16.1. The van der Waals surface area contributed by atoms with Gasteiger partial charge in [-0.25, -0.2) is 0 Å². The van der Waals surface area contributed by atoms with Crippen molar-refractivity contribution in [2.75, 3.05) is 17.3 Å². The third-order valence-electron chi connectivity index (χ3n) is 4.78. The number of anilines is 3. The number of carbonyl (C=O) groups is 1. The van der Waals surface area contributed by atoms with Crippen molar-refractivity contribution in [2.24, 2.45) is 0 Å². The van der Waals surface area contributed by atoms with Crippen LogP contribution in [0.1, 0.15) is 11.1 Å². The first-order chi connectivity index (χ1) is 14.0. The number of hydrogen-bond donors (Lipinski definition) is 1. The summed E-state index contributed by atoms with van der Waals surface area (Å²) >= 11 is 1.69. The van der Waals surface area contributed by atoms with E-state index in [2.05, 4.69) is 22.3 Å². The molecular formula is C24H19N3OS. The predicted molar refractivity (Wildman–Crippen MR) is 118 cm³/mol. The highest BCUT2D eigenvalue weighted by atomic mass is 32.2. The summed E-state index contributed by atoms with van der Waals surface area (Å²) in [6.45, 7) is 1.98. The quantitative estimate of drug-likeness (QED) is 0.450. The first-order valence-electron chi connectivity index (χ1n) is 9.19. The molecule has 0 fully saturated rings. The Hall–Kier alpha value is -3.49. The van der Waals surface area contributed by atoms with Gasteiger partial charge in [-0.15, -0.1) is 0 Å². The van der Waals surface area contributed by atoms with E-state index in [0.29, 0.717) is 5.69 Å². The Bertz CT molecular complexity index is 1160. The number of amides is 1. The SMILES string of the molecule is Cc1ccc(NC(=O)/C(C#N)=C/c2ccc3c(c2)Sc2ccccc2N3C)cc1. The van der Waals surface area contributed by atoms with Crippen molar-refractivity contribution in [3.8, 4) is 6.07 Å². The van der Waals surface area contributed by atoms with Gasteiger partial charge in [0.2, 0.25) is 0 Å². The summed E-state index contributed by atoms with van der Waals surface area (Å²) < 4.78 is 0. The van der Waals surface area contributed by atoms with Crippen molar-refractivity contribution in [2.45, 2.75) is 16.7 Å². The van der Waals surface area contributed by atoms with E-state index >= 15 is 0 Å². The Morgan fingerprint density at radius 3 is 2.52 bits per heavy atom. The smallest absolute Gasteiger partial charge is 0.266 e. The second-order valence-corrected chi connectivity index (χ2v) is 7.93. The molecule has 0 aliphatic carbocycles. The summed E-state index contributed by atoms with van der Waals surface area (Å²) in [6, 6.07) is 23.7. The van der Waals surface area contributed by atoms with Gasteiger partial charge in [-0.3, -0.25) is 4.79 Å². The molecule has 4 nitrogen and oxygen atoms in total. The molecule has 0 unspecified atom stereocenters. The van der Waals surface area contributed by atoms with Crippen LogP contribution in [0.3, 0.4) is 0 Å². The summed E-state index contributed by atoms with van der Waals surface area (Å²) in [7, 11) is 2.04. The molecule has 4 rings (SSSR count). The Balaban J connectivity index is 1.60. The van der Waals surface area contributed by atoms with Crippen LogP contribution in [0, 0.1) is 18.3 Å². The minimum absolute atomic E-state index is 0.0695. The highest BCUT2D eigenvalue weighted by molar-refractivity contribution is 7.99. The number of aryl methyl sites for hydroxylation is 1. The molecule has 29 heavy (non-hydrogen) atoms. The van der Waals surface area contributed by atoms with Gasteiger partial charge in [0.15, 0.2) is 0 Å². The van der Waals surface area contributed by atoms with Crippen LogP contribution >= 0.6 is 11.8 Å². The molecule has 3 aromatic rings. The number of carbonyl (C=O) groups excluding carboxylic acids is 1. The molecule has 1 N–H and O–H groups in total. The first kappa shape index (κ1) is 18.9. The van der Waals surface area contributed by atoms with Gasteiger partial charge >= 0.3 is 0 Å². The molecule has 0 saturated heterocycles. The van der Waals surface area contributed by atoms with Crippen molar-refractivity contribution < 1.29 is 4.79 Å². The molecule has 3 aromatic carbocycles. The molecule has 1 aliphatic heterocycles. The third kappa shape index (κ3) is 3.89. The van der Waals surface area contributed by atoms with Gasteiger partial charge in [-0.1, -0.05) is 47.7 Å². The number of hydrogen-bond acceptors (Lipinski definition) is 4. The average molecular weight is 398 g/mol. The summed E-state index contributed by atoms with van der Waals surface area (Å²) in [4.78, 5) is 17.0. The first-order valence-corrected chi connectivity index (χ1v) is 10.0. The molecule has 5 heteroatoms. The van der Waals surface area contributed by atoms with Crippen LogP contribution < -0.4 is 10.2 Å². The van der Waals surface area contributed by atoms with Crippen molar-refractivity contribution in [3.05, 3.63) is 83.4 Å². The highest BCUT2D eigenvalue weighted by Crippen LogP contribution is 2.47. The standard InChI is InChI=1S/C24H19N3OS/c1-16-7-10-19(11-8-16)26-24(28)18(15-25)13-17-9-12-21-23(14-17)29-22-6-4-3-5-20(22)27(21)2/h3-14H,1-2H3,(H,26,28)/b18-13+. The molecule has 0 spiro atoms. The van der Waals surface area contributed by atoms with E-state index in [-0.39, 0.29) is 5.57 Å². The molecule has 1 amide bonds. The fourth-order valence-corrected chi connectivity index (χ4v) is 4.40. The monoisotopic (exact) mass is 397 g/mol. The lowest BCUT2D eigenvalue weighted by Gasteiger charge is -2.29. The maximum absolute atomic E-state index is 12.5. The van der Waals surface area contributed by atoms with E-state index in [1.807, 2.05) is 74.6 Å². The fraction of sp³-hybridized carbons (Fsp3) is 0.0833. The lowest BCUT2D eigenvalue weighted by molar-refractivity contribution is -0.112. The molecule has 0 bridgehead atoms. The summed E-state index contributed by atoms with van der Waals surface area (Å²) in [5.41, 5.74) is 4.94. The Morgan fingerprint density at radius 2 is 1.76 bits per heavy atom. The van der Waals surface area contributed by atoms with Crippen molar-refractivity contribution in [1.82, 2.24) is 0 Å². The lowest BCUT2D eigenvalue weighted by atomic mass is 10.1. The zero-order chi connectivity index (χ0) is 20.4. The lowest BCUT2D eigenvalue weighted by Crippen LogP contribution is -2.14. The number of nitriles is 1. The van der Waals surface area contributed by atoms with Crippen LogP contribution in [0.4, 0.5) is 17.1 Å². The normalized spacial score (nSPS) is 12.6. The zero-order valence-corrected chi connectivity index (χ0v) is 17.0. The highest BCUT2D eigenvalue weighted by Gasteiger charge is 2.20. The molecule has 0 aromatic heterocycles. The van der Waals surface area contributed by atoms with E-state index in [4.69, 9.17) is 0 Å². The molecule has 142 valence electrons. The predicted octanol–water partition coefficient (Wildman–Crippen LogP) is 5.77. The Morgan fingerprint density at radius 1 is 1.03 bits per heavy atom. The van der Waals surface area contributed by atoms with Crippen LogP contribution in [0.2, 0.25) is 0 Å². The molecule has 1 aliphatic rings. The second kappa shape index (κ2) is 7.86. The Labute approximate surface area is 174 Å². The average Bonchev–Trinajstić information content (AvgIpc) is 2.73. The van der Waals surface area contributed by atoms with Gasteiger partial charge in [0.05, 0.1) is 11.4 Å². The van der Waals surface area contributed by atoms with Crippen molar-refractivity contribution in [3.63, 3.8) is 0 Å². The van der Waals surface area contributed by atoms with E-state index in [9.17, 15) is 10.1 Å². The third-order valence-corrected chi connectivity index (χ3v) is 5.89. The van der Waals surface area contributed by atoms with Crippen LogP contribution in [-0.2, 0) is 4.79 Å². The van der Waals surface area contributed by atoms with Crippen molar-refractivity contribution in [1.29, 1.82) is 5.26 Å². The van der Waals surface area contributed by atoms with Crippen LogP contribution in [0.15, 0.2) is 82.1 Å². The van der Waals surface area contributed by atoms with Gasteiger partial charge in [0.25, 0.3) is 5.91 Å². The summed E-state index contributed by atoms with van der Waals surface area (Å²) in [5.74, 6) is -0.413. The van der Waals surface area contributed by atoms with E-state index < -0.39 is 5.91 Å². The number of nitrogens with one attached hydrogen (secondary N) is 1. The number of nitrogens with zero attached hydrogens (tertiary/aromatic N) is 2. The fourth-order valence-electron chi connectivity index (χ4n) is 3.20. The van der Waals surface area contributed by atoms with Crippen molar-refractivity contribution >= 4 is 40.8 Å². The summed E-state index contributed by atoms with van der Waals surface area (Å²) in [6.07, 6.45) is 1.63. The topological polar surface area (TPSA) is 56.1 Å². The van der Waals surface area contributed by atoms with Crippen LogP contribution in [0.5, 0.6) is 0 Å². The van der Waals surface area contributed by atoms with Gasteiger partial charge < -0.3 is 10.2 Å². The Kier molecular flexibility index (Phi) is 5.11. The van der Waals surface area contributed by atoms with E-state index in [1.165, 1.54) is 10.6 Å². The molecule has 1 heterocycles. The molecule has 0 radical (unpaired) electrons. The van der Waals surface area contributed by atoms with Gasteiger partial charge in [0.1, 0.15) is 11.6 Å².